The Morgan fingerprint density at radius 1 is 1.12 bits per heavy atom. The van der Waals surface area contributed by atoms with E-state index in [4.69, 9.17) is 14.0 Å². The SMILES string of the molecule is COc1ccc(-c2nc(C(=O)NCc3cccc(O[C@@H]4C[C@H]5CC[C@@H](C4)N5C)c3)no2)cc1. The van der Waals surface area contributed by atoms with Crippen LogP contribution in [0.2, 0.25) is 0 Å². The minimum atomic E-state index is -0.392. The minimum absolute atomic E-state index is 0.00461. The molecule has 3 aromatic rings. The molecule has 0 aliphatic carbocycles. The Bertz CT molecular complexity index is 1100. The highest BCUT2D eigenvalue weighted by molar-refractivity contribution is 5.90. The fourth-order valence-electron chi connectivity index (χ4n) is 4.81. The number of hydrogen-bond acceptors (Lipinski definition) is 7. The lowest BCUT2D eigenvalue weighted by molar-refractivity contribution is 0.0661. The molecule has 2 bridgehead atoms. The van der Waals surface area contributed by atoms with Crippen molar-refractivity contribution in [3.63, 3.8) is 0 Å². The van der Waals surface area contributed by atoms with Gasteiger partial charge in [0.25, 0.3) is 17.6 Å². The maximum atomic E-state index is 12.5. The summed E-state index contributed by atoms with van der Waals surface area (Å²) in [6.07, 6.45) is 4.93. The lowest BCUT2D eigenvalue weighted by atomic mass is 10.0. The Morgan fingerprint density at radius 3 is 2.61 bits per heavy atom. The topological polar surface area (TPSA) is 89.7 Å². The number of nitrogens with zero attached hydrogens (tertiary/aromatic N) is 3. The molecular weight excluding hydrogens is 420 g/mol. The van der Waals surface area contributed by atoms with Crippen molar-refractivity contribution in [2.75, 3.05) is 14.2 Å². The molecule has 1 N–H and O–H groups in total. The summed E-state index contributed by atoms with van der Waals surface area (Å²) in [6, 6.07) is 16.3. The van der Waals surface area contributed by atoms with Gasteiger partial charge in [-0.05, 0) is 74.7 Å². The molecule has 2 aromatic carbocycles. The first-order valence-electron chi connectivity index (χ1n) is 11.3. The second-order valence-corrected chi connectivity index (χ2v) is 8.74. The summed E-state index contributed by atoms with van der Waals surface area (Å²) in [5.74, 6) is 1.46. The number of methoxy groups -OCH3 is 1. The van der Waals surface area contributed by atoms with Crippen LogP contribution >= 0.6 is 0 Å². The Labute approximate surface area is 192 Å². The molecule has 2 saturated heterocycles. The molecule has 2 aliphatic heterocycles. The molecule has 172 valence electrons. The van der Waals surface area contributed by atoms with Gasteiger partial charge in [-0.15, -0.1) is 0 Å². The number of carbonyl (C=O) groups excluding carboxylic acids is 1. The standard InChI is InChI=1S/C25H28N4O4/c1-29-18-8-9-19(29)14-22(13-18)32-21-5-3-4-16(12-21)15-26-24(30)23-27-25(33-28-23)17-6-10-20(31-2)11-7-17/h3-7,10-12,18-19,22H,8-9,13-15H2,1-2H3,(H,26,30)/t18-,19+,22-. The summed E-state index contributed by atoms with van der Waals surface area (Å²) < 4.78 is 16.7. The van der Waals surface area contributed by atoms with Gasteiger partial charge in [-0.3, -0.25) is 4.79 Å². The average molecular weight is 449 g/mol. The maximum Gasteiger partial charge on any atom is 0.292 e. The average Bonchev–Trinajstić information content (AvgIpc) is 3.40. The Kier molecular flexibility index (Phi) is 6.00. The minimum Gasteiger partial charge on any atom is -0.497 e. The molecule has 5 rings (SSSR count). The van der Waals surface area contributed by atoms with Gasteiger partial charge in [-0.2, -0.15) is 4.98 Å². The molecule has 0 radical (unpaired) electrons. The second-order valence-electron chi connectivity index (χ2n) is 8.74. The van der Waals surface area contributed by atoms with Crippen molar-refractivity contribution in [3.05, 3.63) is 59.9 Å². The maximum absolute atomic E-state index is 12.5. The highest BCUT2D eigenvalue weighted by atomic mass is 16.5. The predicted molar refractivity (Wildman–Crippen MR) is 122 cm³/mol. The fourth-order valence-corrected chi connectivity index (χ4v) is 4.81. The molecule has 0 spiro atoms. The van der Waals surface area contributed by atoms with Crippen LogP contribution in [0.5, 0.6) is 11.5 Å². The van der Waals surface area contributed by atoms with Gasteiger partial charge in [0.05, 0.1) is 7.11 Å². The quantitative estimate of drug-likeness (QED) is 0.590. The molecule has 0 saturated carbocycles. The summed E-state index contributed by atoms with van der Waals surface area (Å²) in [7, 11) is 3.83. The number of piperidine rings is 1. The second kappa shape index (κ2) is 9.23. The number of nitrogens with one attached hydrogen (secondary N) is 1. The van der Waals surface area contributed by atoms with Crippen LogP contribution in [0.1, 0.15) is 41.9 Å². The van der Waals surface area contributed by atoms with E-state index in [1.165, 1.54) is 12.8 Å². The fraction of sp³-hybridized carbons (Fsp3) is 0.400. The van der Waals surface area contributed by atoms with Crippen LogP contribution in [0.25, 0.3) is 11.5 Å². The molecule has 2 aliphatic rings. The van der Waals surface area contributed by atoms with Gasteiger partial charge in [0.15, 0.2) is 0 Å². The van der Waals surface area contributed by atoms with E-state index in [0.717, 1.165) is 35.5 Å². The Morgan fingerprint density at radius 2 is 1.88 bits per heavy atom. The Hall–Kier alpha value is -3.39. The van der Waals surface area contributed by atoms with E-state index in [9.17, 15) is 4.79 Å². The van der Waals surface area contributed by atoms with Crippen LogP contribution in [0.4, 0.5) is 0 Å². The van der Waals surface area contributed by atoms with E-state index in [1.54, 1.807) is 31.4 Å². The first kappa shape index (κ1) is 21.5. The van der Waals surface area contributed by atoms with Crippen LogP contribution in [-0.4, -0.2) is 53.3 Å². The third kappa shape index (κ3) is 4.71. The number of rotatable bonds is 7. The van der Waals surface area contributed by atoms with Crippen molar-refractivity contribution in [3.8, 4) is 23.0 Å². The third-order valence-electron chi connectivity index (χ3n) is 6.68. The first-order valence-corrected chi connectivity index (χ1v) is 11.3. The van der Waals surface area contributed by atoms with Gasteiger partial charge in [-0.1, -0.05) is 17.3 Å². The highest BCUT2D eigenvalue weighted by Gasteiger charge is 2.39. The van der Waals surface area contributed by atoms with E-state index >= 15 is 0 Å². The number of benzene rings is 2. The smallest absolute Gasteiger partial charge is 0.292 e. The molecule has 1 aromatic heterocycles. The van der Waals surface area contributed by atoms with Crippen molar-refractivity contribution in [1.29, 1.82) is 0 Å². The highest BCUT2D eigenvalue weighted by Crippen LogP contribution is 2.36. The molecule has 2 fully saturated rings. The van der Waals surface area contributed by atoms with Crippen molar-refractivity contribution in [2.45, 2.75) is 50.4 Å². The van der Waals surface area contributed by atoms with Crippen molar-refractivity contribution >= 4 is 5.91 Å². The van der Waals surface area contributed by atoms with E-state index in [2.05, 4.69) is 27.4 Å². The molecule has 0 unspecified atom stereocenters. The van der Waals surface area contributed by atoms with E-state index in [-0.39, 0.29) is 17.8 Å². The van der Waals surface area contributed by atoms with Gasteiger partial charge in [0.1, 0.15) is 17.6 Å². The van der Waals surface area contributed by atoms with Crippen LogP contribution in [-0.2, 0) is 6.54 Å². The summed E-state index contributed by atoms with van der Waals surface area (Å²) in [5, 5.41) is 6.66. The van der Waals surface area contributed by atoms with E-state index in [0.29, 0.717) is 18.6 Å². The predicted octanol–water partition coefficient (Wildman–Crippen LogP) is 3.68. The molecular formula is C25H28N4O4. The number of carbonyl (C=O) groups is 1. The van der Waals surface area contributed by atoms with Gasteiger partial charge in [0.2, 0.25) is 0 Å². The van der Waals surface area contributed by atoms with Crippen molar-refractivity contribution < 1.29 is 18.8 Å². The first-order chi connectivity index (χ1) is 16.1. The van der Waals surface area contributed by atoms with Crippen molar-refractivity contribution in [1.82, 2.24) is 20.4 Å². The number of hydrogen-bond donors (Lipinski definition) is 1. The van der Waals surface area contributed by atoms with Gasteiger partial charge < -0.3 is 24.2 Å². The summed E-state index contributed by atoms with van der Waals surface area (Å²) >= 11 is 0. The number of ether oxygens (including phenoxy) is 2. The van der Waals surface area contributed by atoms with Gasteiger partial charge in [-0.25, -0.2) is 0 Å². The largest absolute Gasteiger partial charge is 0.497 e. The zero-order valence-electron chi connectivity index (χ0n) is 18.9. The zero-order valence-corrected chi connectivity index (χ0v) is 18.9. The summed E-state index contributed by atoms with van der Waals surface area (Å²) in [6.45, 7) is 0.348. The lowest BCUT2D eigenvalue weighted by Gasteiger charge is -2.36. The van der Waals surface area contributed by atoms with Crippen LogP contribution in [0.15, 0.2) is 53.1 Å². The molecule has 8 nitrogen and oxygen atoms in total. The Balaban J connectivity index is 1.17. The number of fused-ring (bicyclic) bond motifs is 2. The lowest BCUT2D eigenvalue weighted by Crippen LogP contribution is -2.43. The molecule has 8 heteroatoms. The summed E-state index contributed by atoms with van der Waals surface area (Å²) in [4.78, 5) is 19.2. The molecule has 1 amide bonds. The zero-order chi connectivity index (χ0) is 22.8. The van der Waals surface area contributed by atoms with Crippen LogP contribution in [0, 0.1) is 0 Å². The van der Waals surface area contributed by atoms with Crippen LogP contribution < -0.4 is 14.8 Å². The van der Waals surface area contributed by atoms with Gasteiger partial charge >= 0.3 is 0 Å². The molecule has 33 heavy (non-hydrogen) atoms. The summed E-state index contributed by atoms with van der Waals surface area (Å²) in [5.41, 5.74) is 1.67. The number of amides is 1. The van der Waals surface area contributed by atoms with E-state index < -0.39 is 5.91 Å². The van der Waals surface area contributed by atoms with Crippen LogP contribution in [0.3, 0.4) is 0 Å². The third-order valence-corrected chi connectivity index (χ3v) is 6.68. The van der Waals surface area contributed by atoms with E-state index in [1.807, 2.05) is 24.3 Å². The van der Waals surface area contributed by atoms with Gasteiger partial charge in [0, 0.05) is 24.2 Å². The number of aromatic nitrogens is 2. The van der Waals surface area contributed by atoms with Crippen molar-refractivity contribution in [2.24, 2.45) is 0 Å². The monoisotopic (exact) mass is 448 g/mol. The normalized spacial score (nSPS) is 22.2. The molecule has 3 heterocycles. The molecule has 3 atom stereocenters.